The Kier molecular flexibility index (Phi) is 3.45. The van der Waals surface area contributed by atoms with E-state index in [1.807, 2.05) is 0 Å². The number of carbonyl (C=O) groups is 1. The molecular formula is C13H16O4. The maximum Gasteiger partial charge on any atom is 0.335 e. The molecule has 0 aromatic heterocycles. The third kappa shape index (κ3) is 2.18. The Morgan fingerprint density at radius 3 is 2.76 bits per heavy atom. The minimum absolute atomic E-state index is 0.0860. The number of aliphatic hydroxyl groups is 1. The number of hydrogen-bond acceptors (Lipinski definition) is 3. The SMILES string of the molecule is O=C(O)c1ccccc1C1(CO)CCCOC1. The summed E-state index contributed by atoms with van der Waals surface area (Å²) in [6.07, 6.45) is 1.60. The van der Waals surface area contributed by atoms with Crippen molar-refractivity contribution in [1.29, 1.82) is 0 Å². The van der Waals surface area contributed by atoms with Crippen LogP contribution in [0.1, 0.15) is 28.8 Å². The third-order valence-electron chi connectivity index (χ3n) is 3.35. The molecule has 0 aliphatic carbocycles. The van der Waals surface area contributed by atoms with Crippen molar-refractivity contribution in [1.82, 2.24) is 0 Å². The van der Waals surface area contributed by atoms with Crippen LogP contribution in [-0.4, -0.2) is 36.0 Å². The van der Waals surface area contributed by atoms with Crippen LogP contribution < -0.4 is 0 Å². The van der Waals surface area contributed by atoms with Crippen molar-refractivity contribution in [3.63, 3.8) is 0 Å². The molecule has 92 valence electrons. The first-order valence-corrected chi connectivity index (χ1v) is 5.71. The van der Waals surface area contributed by atoms with Gasteiger partial charge in [-0.05, 0) is 24.5 Å². The molecule has 4 nitrogen and oxygen atoms in total. The van der Waals surface area contributed by atoms with Gasteiger partial charge >= 0.3 is 5.97 Å². The Labute approximate surface area is 99.8 Å². The van der Waals surface area contributed by atoms with Gasteiger partial charge in [-0.2, -0.15) is 0 Å². The fraction of sp³-hybridized carbons (Fsp3) is 0.462. The molecule has 1 unspecified atom stereocenters. The van der Waals surface area contributed by atoms with Crippen LogP contribution in [0, 0.1) is 0 Å². The standard InChI is InChI=1S/C13H16O4/c14-8-13(6-3-7-17-9-13)11-5-2-1-4-10(11)12(15)16/h1-2,4-5,14H,3,6-9H2,(H,15,16). The molecule has 0 saturated carbocycles. The van der Waals surface area contributed by atoms with Crippen LogP contribution in [-0.2, 0) is 10.2 Å². The molecule has 2 N–H and O–H groups in total. The lowest BCUT2D eigenvalue weighted by molar-refractivity contribution is 0.00637. The van der Waals surface area contributed by atoms with Crippen LogP contribution in [0.3, 0.4) is 0 Å². The minimum Gasteiger partial charge on any atom is -0.478 e. The van der Waals surface area contributed by atoms with Crippen molar-refractivity contribution < 1.29 is 19.7 Å². The third-order valence-corrected chi connectivity index (χ3v) is 3.35. The zero-order valence-electron chi connectivity index (χ0n) is 9.56. The van der Waals surface area contributed by atoms with E-state index in [1.54, 1.807) is 24.3 Å². The number of carboxylic acid groups (broad SMARTS) is 1. The van der Waals surface area contributed by atoms with Gasteiger partial charge in [0.25, 0.3) is 0 Å². The Balaban J connectivity index is 2.46. The van der Waals surface area contributed by atoms with Crippen molar-refractivity contribution >= 4 is 5.97 Å². The van der Waals surface area contributed by atoms with E-state index < -0.39 is 11.4 Å². The number of carboxylic acids is 1. The molecule has 1 aliphatic heterocycles. The summed E-state index contributed by atoms with van der Waals surface area (Å²) in [6, 6.07) is 6.84. The highest BCUT2D eigenvalue weighted by molar-refractivity contribution is 5.89. The van der Waals surface area contributed by atoms with E-state index in [-0.39, 0.29) is 12.2 Å². The van der Waals surface area contributed by atoms with Crippen LogP contribution in [0.2, 0.25) is 0 Å². The van der Waals surface area contributed by atoms with Gasteiger partial charge in [-0.15, -0.1) is 0 Å². The summed E-state index contributed by atoms with van der Waals surface area (Å²) in [5, 5.41) is 18.8. The molecule has 0 bridgehead atoms. The summed E-state index contributed by atoms with van der Waals surface area (Å²) >= 11 is 0. The molecule has 1 heterocycles. The smallest absolute Gasteiger partial charge is 0.335 e. The number of ether oxygens (including phenoxy) is 1. The van der Waals surface area contributed by atoms with Gasteiger partial charge in [-0.1, -0.05) is 18.2 Å². The van der Waals surface area contributed by atoms with Crippen LogP contribution in [0.25, 0.3) is 0 Å². The molecular weight excluding hydrogens is 220 g/mol. The van der Waals surface area contributed by atoms with E-state index in [0.717, 1.165) is 12.8 Å². The van der Waals surface area contributed by atoms with Gasteiger partial charge in [0.15, 0.2) is 0 Å². The molecule has 1 fully saturated rings. The lowest BCUT2D eigenvalue weighted by Gasteiger charge is -2.36. The first-order valence-electron chi connectivity index (χ1n) is 5.71. The molecule has 1 aromatic rings. The predicted molar refractivity (Wildman–Crippen MR) is 62.2 cm³/mol. The van der Waals surface area contributed by atoms with Crippen molar-refractivity contribution in [2.24, 2.45) is 0 Å². The second kappa shape index (κ2) is 4.85. The van der Waals surface area contributed by atoms with Crippen molar-refractivity contribution in [3.05, 3.63) is 35.4 Å². The molecule has 0 radical (unpaired) electrons. The van der Waals surface area contributed by atoms with Crippen molar-refractivity contribution in [3.8, 4) is 0 Å². The first-order chi connectivity index (χ1) is 8.19. The van der Waals surface area contributed by atoms with Gasteiger partial charge in [-0.3, -0.25) is 0 Å². The summed E-state index contributed by atoms with van der Waals surface area (Å²) in [7, 11) is 0. The number of aliphatic hydroxyl groups excluding tert-OH is 1. The lowest BCUT2D eigenvalue weighted by atomic mass is 9.75. The van der Waals surface area contributed by atoms with Gasteiger partial charge in [0.05, 0.1) is 18.8 Å². The monoisotopic (exact) mass is 236 g/mol. The molecule has 1 saturated heterocycles. The molecule has 17 heavy (non-hydrogen) atoms. The van der Waals surface area contributed by atoms with Crippen molar-refractivity contribution in [2.75, 3.05) is 19.8 Å². The Morgan fingerprint density at radius 1 is 1.41 bits per heavy atom. The Hall–Kier alpha value is -1.39. The number of aromatic carboxylic acids is 1. The summed E-state index contributed by atoms with van der Waals surface area (Å²) in [4.78, 5) is 11.2. The Morgan fingerprint density at radius 2 is 2.18 bits per heavy atom. The molecule has 4 heteroatoms. The van der Waals surface area contributed by atoms with Crippen molar-refractivity contribution in [2.45, 2.75) is 18.3 Å². The van der Waals surface area contributed by atoms with Gasteiger partial charge in [0, 0.05) is 12.0 Å². The van der Waals surface area contributed by atoms with E-state index in [2.05, 4.69) is 0 Å². The number of hydrogen-bond donors (Lipinski definition) is 2. The molecule has 0 spiro atoms. The normalized spacial score (nSPS) is 24.5. The second-order valence-corrected chi connectivity index (χ2v) is 4.45. The highest BCUT2D eigenvalue weighted by Gasteiger charge is 2.36. The zero-order chi connectivity index (χ0) is 12.3. The van der Waals surface area contributed by atoms with Gasteiger partial charge in [0.1, 0.15) is 0 Å². The minimum atomic E-state index is -0.959. The summed E-state index contributed by atoms with van der Waals surface area (Å²) in [5.41, 5.74) is 0.370. The fourth-order valence-electron chi connectivity index (χ4n) is 2.41. The quantitative estimate of drug-likeness (QED) is 0.833. The summed E-state index contributed by atoms with van der Waals surface area (Å²) in [6.45, 7) is 0.974. The molecule has 0 amide bonds. The molecule has 2 rings (SSSR count). The topological polar surface area (TPSA) is 66.8 Å². The molecule has 1 aliphatic rings. The number of rotatable bonds is 3. The zero-order valence-corrected chi connectivity index (χ0v) is 9.56. The van der Waals surface area contributed by atoms with E-state index in [0.29, 0.717) is 18.8 Å². The molecule has 1 aromatic carbocycles. The van der Waals surface area contributed by atoms with Crippen LogP contribution in [0.4, 0.5) is 0 Å². The fourth-order valence-corrected chi connectivity index (χ4v) is 2.41. The molecule has 1 atom stereocenters. The largest absolute Gasteiger partial charge is 0.478 e. The van der Waals surface area contributed by atoms with E-state index in [1.165, 1.54) is 0 Å². The Bertz CT molecular complexity index is 408. The lowest BCUT2D eigenvalue weighted by Crippen LogP contribution is -2.40. The maximum absolute atomic E-state index is 11.2. The first kappa shape index (κ1) is 12.1. The predicted octanol–water partition coefficient (Wildman–Crippen LogP) is 1.43. The van der Waals surface area contributed by atoms with E-state index in [4.69, 9.17) is 4.74 Å². The van der Waals surface area contributed by atoms with Crippen LogP contribution >= 0.6 is 0 Å². The highest BCUT2D eigenvalue weighted by Crippen LogP contribution is 2.34. The van der Waals surface area contributed by atoms with Gasteiger partial charge in [0.2, 0.25) is 0 Å². The van der Waals surface area contributed by atoms with Gasteiger partial charge < -0.3 is 14.9 Å². The average Bonchev–Trinajstić information content (AvgIpc) is 2.39. The summed E-state index contributed by atoms with van der Waals surface area (Å²) < 4.78 is 5.41. The maximum atomic E-state index is 11.2. The summed E-state index contributed by atoms with van der Waals surface area (Å²) in [5.74, 6) is -0.959. The van der Waals surface area contributed by atoms with Crippen LogP contribution in [0.15, 0.2) is 24.3 Å². The van der Waals surface area contributed by atoms with Gasteiger partial charge in [-0.25, -0.2) is 4.79 Å². The van der Waals surface area contributed by atoms with E-state index in [9.17, 15) is 15.0 Å². The number of benzene rings is 1. The second-order valence-electron chi connectivity index (χ2n) is 4.45. The average molecular weight is 236 g/mol. The highest BCUT2D eigenvalue weighted by atomic mass is 16.5. The van der Waals surface area contributed by atoms with Crippen LogP contribution in [0.5, 0.6) is 0 Å². The van der Waals surface area contributed by atoms with E-state index >= 15 is 0 Å².